The Bertz CT molecular complexity index is 745. The summed E-state index contributed by atoms with van der Waals surface area (Å²) in [5.74, 6) is -0.0361. The number of hydrogen-bond acceptors (Lipinski definition) is 8. The summed E-state index contributed by atoms with van der Waals surface area (Å²) in [5.41, 5.74) is 3.82. The Labute approximate surface area is 118 Å². The minimum absolute atomic E-state index is 0.203. The van der Waals surface area contributed by atoms with Crippen LogP contribution in [-0.4, -0.2) is 32.8 Å². The number of fused-ring (bicyclic) bond motifs is 1. The molecule has 0 aliphatic rings. The highest BCUT2D eigenvalue weighted by molar-refractivity contribution is 5.91. The number of aromatic nitrogens is 4. The normalized spacial score (nSPS) is 10.5. The SMILES string of the molecule is O=C(CONc1ncnc2nonc12)Nc1ccccc1. The molecule has 0 aliphatic heterocycles. The summed E-state index contributed by atoms with van der Waals surface area (Å²) in [5, 5.41) is 9.87. The lowest BCUT2D eigenvalue weighted by Crippen LogP contribution is -2.20. The summed E-state index contributed by atoms with van der Waals surface area (Å²) in [6, 6.07) is 9.06. The molecule has 0 fully saturated rings. The lowest BCUT2D eigenvalue weighted by molar-refractivity contribution is -0.119. The van der Waals surface area contributed by atoms with Crippen molar-refractivity contribution in [2.45, 2.75) is 0 Å². The lowest BCUT2D eigenvalue weighted by atomic mass is 10.3. The van der Waals surface area contributed by atoms with Gasteiger partial charge in [0, 0.05) is 5.69 Å². The zero-order valence-corrected chi connectivity index (χ0v) is 10.7. The maximum Gasteiger partial charge on any atom is 0.253 e. The van der Waals surface area contributed by atoms with Crippen molar-refractivity contribution in [2.75, 3.05) is 17.4 Å². The van der Waals surface area contributed by atoms with E-state index in [1.54, 1.807) is 12.1 Å². The number of carbonyl (C=O) groups is 1. The number of para-hydroxylation sites is 1. The molecular formula is C12H10N6O3. The van der Waals surface area contributed by atoms with Crippen molar-refractivity contribution in [1.82, 2.24) is 20.3 Å². The first-order valence-corrected chi connectivity index (χ1v) is 5.99. The fourth-order valence-electron chi connectivity index (χ4n) is 1.58. The number of nitrogens with zero attached hydrogens (tertiary/aromatic N) is 4. The topological polar surface area (TPSA) is 115 Å². The van der Waals surface area contributed by atoms with E-state index >= 15 is 0 Å². The van der Waals surface area contributed by atoms with Gasteiger partial charge in [0.1, 0.15) is 6.33 Å². The number of anilines is 2. The van der Waals surface area contributed by atoms with E-state index in [1.807, 2.05) is 18.2 Å². The summed E-state index contributed by atoms with van der Waals surface area (Å²) >= 11 is 0. The van der Waals surface area contributed by atoms with E-state index in [9.17, 15) is 4.79 Å². The Balaban J connectivity index is 1.54. The molecule has 0 saturated carbocycles. The molecular weight excluding hydrogens is 276 g/mol. The van der Waals surface area contributed by atoms with Gasteiger partial charge in [-0.1, -0.05) is 18.2 Å². The second-order valence-electron chi connectivity index (χ2n) is 3.96. The number of nitrogens with one attached hydrogen (secondary N) is 2. The maximum atomic E-state index is 11.7. The van der Waals surface area contributed by atoms with Crippen molar-refractivity contribution in [2.24, 2.45) is 0 Å². The molecule has 1 amide bonds. The molecule has 2 heterocycles. The summed E-state index contributed by atoms with van der Waals surface area (Å²) in [7, 11) is 0. The molecule has 21 heavy (non-hydrogen) atoms. The molecule has 0 spiro atoms. The van der Waals surface area contributed by atoms with Crippen LogP contribution < -0.4 is 10.8 Å². The molecule has 0 bridgehead atoms. The van der Waals surface area contributed by atoms with Gasteiger partial charge in [0.25, 0.3) is 5.91 Å². The van der Waals surface area contributed by atoms with Gasteiger partial charge in [0.05, 0.1) is 0 Å². The molecule has 0 unspecified atom stereocenters. The van der Waals surface area contributed by atoms with Crippen molar-refractivity contribution in [3.05, 3.63) is 36.7 Å². The molecule has 2 N–H and O–H groups in total. The van der Waals surface area contributed by atoms with Crippen LogP contribution in [0.15, 0.2) is 41.3 Å². The highest BCUT2D eigenvalue weighted by Gasteiger charge is 2.09. The van der Waals surface area contributed by atoms with Crippen molar-refractivity contribution in [3.8, 4) is 0 Å². The van der Waals surface area contributed by atoms with Crippen LogP contribution in [0.1, 0.15) is 0 Å². The first kappa shape index (κ1) is 12.9. The molecule has 1 aromatic carbocycles. The number of benzene rings is 1. The minimum atomic E-state index is -0.308. The quantitative estimate of drug-likeness (QED) is 0.667. The molecule has 106 valence electrons. The first-order valence-electron chi connectivity index (χ1n) is 5.99. The second-order valence-corrected chi connectivity index (χ2v) is 3.96. The number of carbonyl (C=O) groups excluding carboxylic acids is 1. The van der Waals surface area contributed by atoms with Gasteiger partial charge in [-0.15, -0.1) is 0 Å². The summed E-state index contributed by atoms with van der Waals surface area (Å²) in [4.78, 5) is 24.5. The zero-order chi connectivity index (χ0) is 14.5. The molecule has 0 radical (unpaired) electrons. The Morgan fingerprint density at radius 2 is 2.05 bits per heavy atom. The van der Waals surface area contributed by atoms with E-state index in [4.69, 9.17) is 4.84 Å². The average molecular weight is 286 g/mol. The van der Waals surface area contributed by atoms with Gasteiger partial charge < -0.3 is 5.32 Å². The summed E-state index contributed by atoms with van der Waals surface area (Å²) in [6.45, 7) is -0.203. The summed E-state index contributed by atoms with van der Waals surface area (Å²) < 4.78 is 4.53. The van der Waals surface area contributed by atoms with Gasteiger partial charge in [-0.2, -0.15) is 0 Å². The smallest absolute Gasteiger partial charge is 0.253 e. The van der Waals surface area contributed by atoms with Crippen molar-refractivity contribution in [1.29, 1.82) is 0 Å². The van der Waals surface area contributed by atoms with Crippen LogP contribution >= 0.6 is 0 Å². The van der Waals surface area contributed by atoms with Crippen molar-refractivity contribution in [3.63, 3.8) is 0 Å². The van der Waals surface area contributed by atoms with Gasteiger partial charge in [-0.25, -0.2) is 20.1 Å². The largest absolute Gasteiger partial charge is 0.324 e. The average Bonchev–Trinajstić information content (AvgIpc) is 2.97. The van der Waals surface area contributed by atoms with Gasteiger partial charge in [0.2, 0.25) is 5.65 Å². The fourth-order valence-corrected chi connectivity index (χ4v) is 1.58. The Kier molecular flexibility index (Phi) is 3.65. The first-order chi connectivity index (χ1) is 10.3. The third-order valence-electron chi connectivity index (χ3n) is 2.49. The standard InChI is InChI=1S/C12H10N6O3/c19-9(15-8-4-2-1-3-5-8)6-20-17-11-10-12(14-7-13-11)18-21-16-10/h1-5,7H,6H2,(H,15,19)(H,13,14,17,18). The Morgan fingerprint density at radius 1 is 1.19 bits per heavy atom. The molecule has 9 heteroatoms. The number of hydrogen-bond donors (Lipinski definition) is 2. The van der Waals surface area contributed by atoms with Crippen LogP contribution in [0.2, 0.25) is 0 Å². The highest BCUT2D eigenvalue weighted by atomic mass is 16.6. The minimum Gasteiger partial charge on any atom is -0.324 e. The van der Waals surface area contributed by atoms with E-state index in [-0.39, 0.29) is 18.3 Å². The third-order valence-corrected chi connectivity index (χ3v) is 2.49. The van der Waals surface area contributed by atoms with Crippen LogP contribution in [0.25, 0.3) is 11.2 Å². The summed E-state index contributed by atoms with van der Waals surface area (Å²) in [6.07, 6.45) is 1.28. The molecule has 3 rings (SSSR count). The van der Waals surface area contributed by atoms with E-state index in [0.717, 1.165) is 0 Å². The van der Waals surface area contributed by atoms with E-state index < -0.39 is 0 Å². The number of rotatable bonds is 5. The van der Waals surface area contributed by atoms with E-state index in [2.05, 4.69) is 35.7 Å². The monoisotopic (exact) mass is 286 g/mol. The third kappa shape index (κ3) is 3.09. The molecule has 3 aromatic rings. The van der Waals surface area contributed by atoms with Crippen LogP contribution in [0.4, 0.5) is 11.5 Å². The van der Waals surface area contributed by atoms with E-state index in [0.29, 0.717) is 16.9 Å². The molecule has 0 saturated heterocycles. The van der Waals surface area contributed by atoms with Crippen LogP contribution in [-0.2, 0) is 9.63 Å². The van der Waals surface area contributed by atoms with E-state index in [1.165, 1.54) is 6.33 Å². The van der Waals surface area contributed by atoms with Crippen LogP contribution in [0.3, 0.4) is 0 Å². The van der Waals surface area contributed by atoms with Gasteiger partial charge >= 0.3 is 0 Å². The van der Waals surface area contributed by atoms with Crippen molar-refractivity contribution < 1.29 is 14.3 Å². The zero-order valence-electron chi connectivity index (χ0n) is 10.7. The lowest BCUT2D eigenvalue weighted by Gasteiger charge is -2.06. The Hall–Kier alpha value is -3.07. The van der Waals surface area contributed by atoms with Crippen molar-refractivity contribution >= 4 is 28.6 Å². The van der Waals surface area contributed by atoms with Gasteiger partial charge in [-0.3, -0.25) is 9.63 Å². The van der Waals surface area contributed by atoms with Gasteiger partial charge in [0.15, 0.2) is 17.9 Å². The predicted octanol–water partition coefficient (Wildman–Crippen LogP) is 0.995. The maximum absolute atomic E-state index is 11.7. The molecule has 0 aliphatic carbocycles. The molecule has 9 nitrogen and oxygen atoms in total. The molecule has 0 atom stereocenters. The second kappa shape index (κ2) is 5.92. The highest BCUT2D eigenvalue weighted by Crippen LogP contribution is 2.14. The number of amides is 1. The predicted molar refractivity (Wildman–Crippen MR) is 72.0 cm³/mol. The van der Waals surface area contributed by atoms with Gasteiger partial charge in [-0.05, 0) is 22.4 Å². The van der Waals surface area contributed by atoms with Crippen LogP contribution in [0, 0.1) is 0 Å². The fraction of sp³-hybridized carbons (Fsp3) is 0.0833. The Morgan fingerprint density at radius 3 is 2.90 bits per heavy atom. The molecule has 2 aromatic heterocycles. The van der Waals surface area contributed by atoms with Crippen LogP contribution in [0.5, 0.6) is 0 Å².